The van der Waals surface area contributed by atoms with E-state index >= 15 is 0 Å². The van der Waals surface area contributed by atoms with Gasteiger partial charge in [-0.3, -0.25) is 0 Å². The minimum Gasteiger partial charge on any atom is -0.391 e. The predicted octanol–water partition coefficient (Wildman–Crippen LogP) is 3.51. The Morgan fingerprint density at radius 3 is 2.30 bits per heavy atom. The molecule has 2 aromatic rings. The molecule has 104 valence electrons. The van der Waals surface area contributed by atoms with E-state index in [-0.39, 0.29) is 6.04 Å². The third-order valence-corrected chi connectivity index (χ3v) is 4.38. The van der Waals surface area contributed by atoms with E-state index in [4.69, 9.17) is 5.73 Å². The molecule has 0 heterocycles. The van der Waals surface area contributed by atoms with Crippen LogP contribution < -0.4 is 5.73 Å². The van der Waals surface area contributed by atoms with Crippen molar-refractivity contribution in [1.29, 1.82) is 0 Å². The Morgan fingerprint density at radius 2 is 1.65 bits per heavy atom. The average Bonchev–Trinajstić information content (AvgIpc) is 2.46. The Kier molecular flexibility index (Phi) is 3.86. The number of nitrogens with two attached hydrogens (primary N) is 1. The van der Waals surface area contributed by atoms with Crippen molar-refractivity contribution in [2.75, 3.05) is 0 Å². The zero-order chi connectivity index (χ0) is 13.9. The van der Waals surface area contributed by atoms with E-state index in [0.717, 1.165) is 24.0 Å². The van der Waals surface area contributed by atoms with Gasteiger partial charge in [-0.2, -0.15) is 0 Å². The lowest BCUT2D eigenvalue weighted by Gasteiger charge is -2.33. The Morgan fingerprint density at radius 1 is 0.950 bits per heavy atom. The van der Waals surface area contributed by atoms with Crippen molar-refractivity contribution in [1.82, 2.24) is 0 Å². The molecule has 0 aliphatic heterocycles. The molecule has 0 amide bonds. The molecule has 0 aromatic heterocycles. The zero-order valence-corrected chi connectivity index (χ0v) is 11.6. The molecule has 3 rings (SSSR count). The van der Waals surface area contributed by atoms with Crippen LogP contribution in [0.1, 0.15) is 30.9 Å². The Labute approximate surface area is 120 Å². The van der Waals surface area contributed by atoms with E-state index < -0.39 is 6.10 Å². The first-order chi connectivity index (χ1) is 9.75. The van der Waals surface area contributed by atoms with E-state index in [9.17, 15) is 5.11 Å². The van der Waals surface area contributed by atoms with Crippen LogP contribution in [0.3, 0.4) is 0 Å². The Balaban J connectivity index is 1.83. The van der Waals surface area contributed by atoms with Gasteiger partial charge in [-0.15, -0.1) is 0 Å². The van der Waals surface area contributed by atoms with Crippen LogP contribution >= 0.6 is 0 Å². The van der Waals surface area contributed by atoms with Crippen molar-refractivity contribution in [2.24, 2.45) is 11.7 Å². The summed E-state index contributed by atoms with van der Waals surface area (Å²) in [6, 6.07) is 18.2. The topological polar surface area (TPSA) is 46.2 Å². The maximum atomic E-state index is 10.3. The summed E-state index contributed by atoms with van der Waals surface area (Å²) >= 11 is 0. The van der Waals surface area contributed by atoms with Crippen molar-refractivity contribution in [3.8, 4) is 11.1 Å². The maximum Gasteiger partial charge on any atom is 0.0760 e. The van der Waals surface area contributed by atoms with Gasteiger partial charge < -0.3 is 10.8 Å². The minimum absolute atomic E-state index is 0.288. The number of aliphatic hydroxyl groups is 1. The average molecular weight is 267 g/mol. The highest BCUT2D eigenvalue weighted by atomic mass is 16.3. The maximum absolute atomic E-state index is 10.3. The molecule has 0 radical (unpaired) electrons. The fourth-order valence-corrected chi connectivity index (χ4v) is 2.83. The van der Waals surface area contributed by atoms with Crippen LogP contribution in [0.4, 0.5) is 0 Å². The standard InChI is InChI=1S/C18H21NO/c19-17(18(20)14-8-4-9-14)16-11-5-10-15(12-16)13-6-2-1-3-7-13/h1-3,5-7,10-12,14,17-18,20H,4,8-9,19H2/t17-,18+/m0/s1. The van der Waals surface area contributed by atoms with Crippen molar-refractivity contribution < 1.29 is 5.11 Å². The zero-order valence-electron chi connectivity index (χ0n) is 11.6. The number of benzene rings is 2. The first-order valence-corrected chi connectivity index (χ1v) is 7.35. The van der Waals surface area contributed by atoms with E-state index in [1.807, 2.05) is 30.3 Å². The molecule has 0 saturated heterocycles. The van der Waals surface area contributed by atoms with Crippen LogP contribution in [0.5, 0.6) is 0 Å². The predicted molar refractivity (Wildman–Crippen MR) is 82.2 cm³/mol. The van der Waals surface area contributed by atoms with Gasteiger partial charge in [0, 0.05) is 0 Å². The molecule has 1 fully saturated rings. The first-order valence-electron chi connectivity index (χ1n) is 7.35. The lowest BCUT2D eigenvalue weighted by Crippen LogP contribution is -2.36. The van der Waals surface area contributed by atoms with Gasteiger partial charge in [0.25, 0.3) is 0 Å². The summed E-state index contributed by atoms with van der Waals surface area (Å²) in [5, 5.41) is 10.3. The van der Waals surface area contributed by atoms with Gasteiger partial charge in [-0.1, -0.05) is 55.0 Å². The third kappa shape index (κ3) is 2.62. The highest BCUT2D eigenvalue weighted by Gasteiger charge is 2.30. The second-order valence-electron chi connectivity index (χ2n) is 5.70. The third-order valence-electron chi connectivity index (χ3n) is 4.38. The molecule has 0 bridgehead atoms. The number of rotatable bonds is 4. The second kappa shape index (κ2) is 5.78. The number of hydrogen-bond acceptors (Lipinski definition) is 2. The fourth-order valence-electron chi connectivity index (χ4n) is 2.83. The molecular formula is C18H21NO. The van der Waals surface area contributed by atoms with Gasteiger partial charge in [0.1, 0.15) is 0 Å². The normalized spacial score (nSPS) is 18.3. The summed E-state index contributed by atoms with van der Waals surface area (Å²) in [5.41, 5.74) is 9.60. The largest absolute Gasteiger partial charge is 0.391 e. The molecular weight excluding hydrogens is 246 g/mol. The van der Waals surface area contributed by atoms with Gasteiger partial charge >= 0.3 is 0 Å². The van der Waals surface area contributed by atoms with E-state index in [1.54, 1.807) is 0 Å². The molecule has 2 nitrogen and oxygen atoms in total. The van der Waals surface area contributed by atoms with E-state index in [2.05, 4.69) is 24.3 Å². The Bertz CT molecular complexity index is 563. The summed E-state index contributed by atoms with van der Waals surface area (Å²) in [6.07, 6.45) is 3.01. The van der Waals surface area contributed by atoms with Crippen molar-refractivity contribution in [3.05, 3.63) is 60.2 Å². The SMILES string of the molecule is N[C@@H](c1cccc(-c2ccccc2)c1)[C@H](O)C1CCC1. The van der Waals surface area contributed by atoms with Gasteiger partial charge in [-0.05, 0) is 41.5 Å². The molecule has 0 spiro atoms. The van der Waals surface area contributed by atoms with Crippen molar-refractivity contribution >= 4 is 0 Å². The summed E-state index contributed by atoms with van der Waals surface area (Å²) < 4.78 is 0. The van der Waals surface area contributed by atoms with Gasteiger partial charge in [0.15, 0.2) is 0 Å². The molecule has 2 heteroatoms. The van der Waals surface area contributed by atoms with Crippen LogP contribution in [-0.4, -0.2) is 11.2 Å². The highest BCUT2D eigenvalue weighted by Crippen LogP contribution is 2.35. The molecule has 1 aliphatic carbocycles. The van der Waals surface area contributed by atoms with Crippen LogP contribution in [0.25, 0.3) is 11.1 Å². The fraction of sp³-hybridized carbons (Fsp3) is 0.333. The summed E-state index contributed by atoms with van der Waals surface area (Å²) in [5.74, 6) is 0.380. The smallest absolute Gasteiger partial charge is 0.0760 e. The molecule has 20 heavy (non-hydrogen) atoms. The molecule has 3 N–H and O–H groups in total. The van der Waals surface area contributed by atoms with Gasteiger partial charge in [0.2, 0.25) is 0 Å². The summed E-state index contributed by atoms with van der Waals surface area (Å²) in [6.45, 7) is 0. The molecule has 2 atom stereocenters. The first kappa shape index (κ1) is 13.3. The lowest BCUT2D eigenvalue weighted by molar-refractivity contribution is 0.0414. The van der Waals surface area contributed by atoms with E-state index in [1.165, 1.54) is 12.0 Å². The highest BCUT2D eigenvalue weighted by molar-refractivity contribution is 5.64. The van der Waals surface area contributed by atoms with Crippen molar-refractivity contribution in [2.45, 2.75) is 31.4 Å². The summed E-state index contributed by atoms with van der Waals surface area (Å²) in [4.78, 5) is 0. The van der Waals surface area contributed by atoms with Crippen LogP contribution in [0.2, 0.25) is 0 Å². The summed E-state index contributed by atoms with van der Waals surface area (Å²) in [7, 11) is 0. The quantitative estimate of drug-likeness (QED) is 0.890. The van der Waals surface area contributed by atoms with Crippen LogP contribution in [0.15, 0.2) is 54.6 Å². The molecule has 1 saturated carbocycles. The monoisotopic (exact) mass is 267 g/mol. The molecule has 1 aliphatic rings. The Hall–Kier alpha value is -1.64. The lowest BCUT2D eigenvalue weighted by atomic mass is 9.77. The molecule has 0 unspecified atom stereocenters. The van der Waals surface area contributed by atoms with Crippen LogP contribution in [-0.2, 0) is 0 Å². The second-order valence-corrected chi connectivity index (χ2v) is 5.70. The molecule has 2 aromatic carbocycles. The van der Waals surface area contributed by atoms with Crippen molar-refractivity contribution in [3.63, 3.8) is 0 Å². The van der Waals surface area contributed by atoms with E-state index in [0.29, 0.717) is 5.92 Å². The van der Waals surface area contributed by atoms with Gasteiger partial charge in [-0.25, -0.2) is 0 Å². The number of hydrogen-bond donors (Lipinski definition) is 2. The van der Waals surface area contributed by atoms with Gasteiger partial charge in [0.05, 0.1) is 12.1 Å². The number of aliphatic hydroxyl groups excluding tert-OH is 1. The minimum atomic E-state index is -0.422. The van der Waals surface area contributed by atoms with Crippen LogP contribution in [0, 0.1) is 5.92 Å².